The predicted octanol–water partition coefficient (Wildman–Crippen LogP) is 2.00. The van der Waals surface area contributed by atoms with E-state index < -0.39 is 5.97 Å². The number of aromatic nitrogens is 2. The molecule has 4 saturated carbocycles. The Morgan fingerprint density at radius 2 is 2.23 bits per heavy atom. The van der Waals surface area contributed by atoms with Gasteiger partial charge in [0, 0.05) is 29.0 Å². The summed E-state index contributed by atoms with van der Waals surface area (Å²) in [7, 11) is 0. The first-order valence-corrected chi connectivity index (χ1v) is 7.92. The second-order valence-electron chi connectivity index (χ2n) is 7.15. The second-order valence-corrected chi connectivity index (χ2v) is 7.49. The third kappa shape index (κ3) is 1.18. The number of halogens is 1. The fourth-order valence-corrected chi connectivity index (χ4v) is 6.02. The third-order valence-electron chi connectivity index (χ3n) is 6.63. The van der Waals surface area contributed by atoms with Gasteiger partial charge in [-0.25, -0.2) is 9.78 Å². The summed E-state index contributed by atoms with van der Waals surface area (Å²) in [6.07, 6.45) is 4.99. The van der Waals surface area contributed by atoms with E-state index in [2.05, 4.69) is 15.3 Å². The minimum Gasteiger partial charge on any atom is -0.477 e. The Morgan fingerprint density at radius 3 is 2.91 bits per heavy atom. The predicted molar refractivity (Wildman–Crippen MR) is 76.7 cm³/mol. The van der Waals surface area contributed by atoms with E-state index in [0.717, 1.165) is 25.7 Å². The fourth-order valence-electron chi connectivity index (χ4n) is 5.89. The molecular formula is C15H14ClN3O3. The molecule has 5 rings (SSSR count). The molecule has 7 heteroatoms. The van der Waals surface area contributed by atoms with Crippen LogP contribution in [0.4, 0.5) is 5.82 Å². The summed E-state index contributed by atoms with van der Waals surface area (Å²) in [5.74, 6) is 0.539. The molecular weight excluding hydrogens is 306 g/mol. The normalized spacial score (nSPS) is 43.3. The van der Waals surface area contributed by atoms with Gasteiger partial charge >= 0.3 is 5.97 Å². The molecule has 5 atom stereocenters. The number of carboxylic acids is 1. The van der Waals surface area contributed by atoms with E-state index in [1.165, 1.54) is 6.20 Å². The summed E-state index contributed by atoms with van der Waals surface area (Å²) in [6, 6.07) is 0. The van der Waals surface area contributed by atoms with Crippen molar-refractivity contribution in [3.05, 3.63) is 17.0 Å². The van der Waals surface area contributed by atoms with Crippen molar-refractivity contribution in [3.63, 3.8) is 0 Å². The van der Waals surface area contributed by atoms with E-state index in [1.807, 2.05) is 0 Å². The highest BCUT2D eigenvalue weighted by atomic mass is 35.5. The molecule has 6 nitrogen and oxygen atoms in total. The molecule has 114 valence electrons. The zero-order valence-electron chi connectivity index (χ0n) is 11.7. The number of hydrogen-bond donors (Lipinski definition) is 2. The first-order valence-electron chi connectivity index (χ1n) is 7.55. The Hall–Kier alpha value is -1.69. The van der Waals surface area contributed by atoms with Gasteiger partial charge in [0.25, 0.3) is 0 Å². The van der Waals surface area contributed by atoms with Gasteiger partial charge in [0.05, 0.1) is 0 Å². The average Bonchev–Trinajstić information content (AvgIpc) is 2.88. The highest BCUT2D eigenvalue weighted by Crippen LogP contribution is 2.82. The van der Waals surface area contributed by atoms with Crippen LogP contribution in [0.1, 0.15) is 36.0 Å². The molecule has 4 aliphatic carbocycles. The quantitative estimate of drug-likeness (QED) is 0.828. The van der Waals surface area contributed by atoms with Crippen LogP contribution in [-0.4, -0.2) is 32.4 Å². The maximum absolute atomic E-state index is 12.2. The highest BCUT2D eigenvalue weighted by molar-refractivity contribution is 6.28. The van der Waals surface area contributed by atoms with Crippen molar-refractivity contribution in [2.24, 2.45) is 23.2 Å². The van der Waals surface area contributed by atoms with Gasteiger partial charge in [-0.1, -0.05) is 0 Å². The smallest absolute Gasteiger partial charge is 0.341 e. The van der Waals surface area contributed by atoms with E-state index in [1.54, 1.807) is 0 Å². The van der Waals surface area contributed by atoms with E-state index in [4.69, 9.17) is 11.6 Å². The van der Waals surface area contributed by atoms with Crippen LogP contribution in [0.3, 0.4) is 0 Å². The standard InChI is InChI=1S/C15H14ClN3O3/c16-13-17-5-8(12(21)22)11(18-13)19-14-2-6-3-15(14)7(4-14)1-9(15)10(6)20/h5-7,9H,1-4H2,(H,21,22)(H,17,18,19). The molecule has 1 heterocycles. The van der Waals surface area contributed by atoms with Crippen molar-refractivity contribution in [1.82, 2.24) is 9.97 Å². The minimum atomic E-state index is -1.08. The second kappa shape index (κ2) is 3.62. The molecule has 1 aromatic heterocycles. The molecule has 1 aromatic rings. The lowest BCUT2D eigenvalue weighted by Gasteiger charge is -2.72. The zero-order valence-corrected chi connectivity index (χ0v) is 12.4. The molecule has 4 fully saturated rings. The van der Waals surface area contributed by atoms with Crippen molar-refractivity contribution in [2.45, 2.75) is 31.2 Å². The summed E-state index contributed by atoms with van der Waals surface area (Å²) in [4.78, 5) is 31.5. The van der Waals surface area contributed by atoms with Gasteiger partial charge in [0.2, 0.25) is 5.28 Å². The summed E-state index contributed by atoms with van der Waals surface area (Å²) in [6.45, 7) is 0. The van der Waals surface area contributed by atoms with Crippen LogP contribution < -0.4 is 5.32 Å². The number of fused-ring (bicyclic) bond motifs is 1. The van der Waals surface area contributed by atoms with Gasteiger partial charge in [-0.2, -0.15) is 4.98 Å². The topological polar surface area (TPSA) is 92.2 Å². The van der Waals surface area contributed by atoms with Gasteiger partial charge in [0.1, 0.15) is 17.2 Å². The molecule has 0 amide bonds. The van der Waals surface area contributed by atoms with Crippen LogP contribution in [0.15, 0.2) is 6.20 Å². The van der Waals surface area contributed by atoms with Crippen molar-refractivity contribution in [3.8, 4) is 0 Å². The number of carbonyl (C=O) groups is 2. The van der Waals surface area contributed by atoms with Crippen LogP contribution >= 0.6 is 11.6 Å². The summed E-state index contributed by atoms with van der Waals surface area (Å²) >= 11 is 5.84. The molecule has 1 spiro atoms. The number of ketones is 1. The lowest BCUT2D eigenvalue weighted by atomic mass is 9.35. The van der Waals surface area contributed by atoms with Gasteiger partial charge in [-0.3, -0.25) is 4.79 Å². The van der Waals surface area contributed by atoms with Crippen LogP contribution in [0.5, 0.6) is 0 Å². The van der Waals surface area contributed by atoms with Crippen molar-refractivity contribution < 1.29 is 14.7 Å². The lowest BCUT2D eigenvalue weighted by Crippen LogP contribution is -2.75. The molecule has 4 aliphatic rings. The number of nitrogens with zero attached hydrogens (tertiary/aromatic N) is 2. The van der Waals surface area contributed by atoms with Crippen LogP contribution in [0.2, 0.25) is 5.28 Å². The van der Waals surface area contributed by atoms with Crippen molar-refractivity contribution >= 4 is 29.2 Å². The van der Waals surface area contributed by atoms with E-state index >= 15 is 0 Å². The van der Waals surface area contributed by atoms with E-state index in [9.17, 15) is 14.7 Å². The number of aromatic carboxylic acids is 1. The Labute approximate surface area is 131 Å². The summed E-state index contributed by atoms with van der Waals surface area (Å²) in [5, 5.41) is 12.7. The first-order chi connectivity index (χ1) is 10.5. The molecule has 0 saturated heterocycles. The Balaban J connectivity index is 1.55. The largest absolute Gasteiger partial charge is 0.477 e. The number of carbonyl (C=O) groups excluding carboxylic acids is 1. The molecule has 2 bridgehead atoms. The summed E-state index contributed by atoms with van der Waals surface area (Å²) in [5.41, 5.74) is -0.105. The molecule has 22 heavy (non-hydrogen) atoms. The van der Waals surface area contributed by atoms with Crippen LogP contribution in [0, 0.1) is 23.2 Å². The number of rotatable bonds is 3. The third-order valence-corrected chi connectivity index (χ3v) is 6.81. The minimum absolute atomic E-state index is 0.0293. The number of anilines is 1. The van der Waals surface area contributed by atoms with Crippen molar-refractivity contribution in [2.75, 3.05) is 5.32 Å². The van der Waals surface area contributed by atoms with E-state index in [-0.39, 0.29) is 39.5 Å². The Morgan fingerprint density at radius 1 is 1.41 bits per heavy atom. The Kier molecular flexibility index (Phi) is 2.11. The fraction of sp³-hybridized carbons (Fsp3) is 0.600. The molecule has 2 N–H and O–H groups in total. The maximum Gasteiger partial charge on any atom is 0.341 e. The zero-order chi connectivity index (χ0) is 15.3. The monoisotopic (exact) mass is 319 g/mol. The first kappa shape index (κ1) is 12.8. The lowest BCUT2D eigenvalue weighted by molar-refractivity contribution is -0.186. The number of hydrogen-bond acceptors (Lipinski definition) is 5. The van der Waals surface area contributed by atoms with E-state index in [0.29, 0.717) is 11.7 Å². The average molecular weight is 320 g/mol. The van der Waals surface area contributed by atoms with Gasteiger partial charge < -0.3 is 10.4 Å². The van der Waals surface area contributed by atoms with Crippen molar-refractivity contribution in [1.29, 1.82) is 0 Å². The number of Topliss-reactive ketones (excluding diaryl/α,β-unsaturated/α-hetero) is 1. The van der Waals surface area contributed by atoms with Gasteiger partial charge in [-0.15, -0.1) is 0 Å². The summed E-state index contributed by atoms with van der Waals surface area (Å²) < 4.78 is 0. The number of nitrogens with one attached hydrogen (secondary N) is 1. The van der Waals surface area contributed by atoms with Gasteiger partial charge in [0.15, 0.2) is 0 Å². The maximum atomic E-state index is 12.2. The molecule has 0 aliphatic heterocycles. The number of carboxylic acid groups (broad SMARTS) is 1. The molecule has 5 unspecified atom stereocenters. The van der Waals surface area contributed by atoms with Gasteiger partial charge in [-0.05, 0) is 43.2 Å². The van der Waals surface area contributed by atoms with Crippen LogP contribution in [0.25, 0.3) is 0 Å². The molecule has 0 aromatic carbocycles. The highest BCUT2D eigenvalue weighted by Gasteiger charge is 2.83. The Bertz CT molecular complexity index is 754. The SMILES string of the molecule is O=C(O)c1cnc(Cl)nc1NC12CC3CC14C(CC4C3=O)C2. The van der Waals surface area contributed by atoms with Crippen LogP contribution in [-0.2, 0) is 4.79 Å². The molecule has 0 radical (unpaired) electrons.